The fourth-order valence-electron chi connectivity index (χ4n) is 1.51. The summed E-state index contributed by atoms with van der Waals surface area (Å²) in [6.45, 7) is 2.84. The van der Waals surface area contributed by atoms with E-state index in [-0.39, 0.29) is 5.56 Å². The van der Waals surface area contributed by atoms with Crippen molar-refractivity contribution in [3.63, 3.8) is 0 Å². The van der Waals surface area contributed by atoms with Gasteiger partial charge in [0.15, 0.2) is 0 Å². The van der Waals surface area contributed by atoms with Gasteiger partial charge in [-0.3, -0.25) is 4.79 Å². The molecule has 0 aromatic carbocycles. The predicted molar refractivity (Wildman–Crippen MR) is 65.4 cm³/mol. The van der Waals surface area contributed by atoms with E-state index in [9.17, 15) is 4.79 Å². The molecule has 1 aromatic rings. The summed E-state index contributed by atoms with van der Waals surface area (Å²) < 4.78 is 10.1. The van der Waals surface area contributed by atoms with Crippen LogP contribution in [-0.2, 0) is 9.47 Å². The van der Waals surface area contributed by atoms with Crippen LogP contribution in [-0.4, -0.2) is 50.7 Å². The zero-order chi connectivity index (χ0) is 12.5. The number of aromatic nitrogens is 2. The van der Waals surface area contributed by atoms with Crippen LogP contribution in [0.4, 0.5) is 5.69 Å². The largest absolute Gasteiger partial charge is 0.385 e. The van der Waals surface area contributed by atoms with Gasteiger partial charge in [-0.25, -0.2) is 5.10 Å². The van der Waals surface area contributed by atoms with Crippen LogP contribution in [0, 0.1) is 0 Å². The molecule has 17 heavy (non-hydrogen) atoms. The monoisotopic (exact) mass is 241 g/mol. The maximum atomic E-state index is 11.2. The number of nitrogens with one attached hydrogen (secondary N) is 1. The Labute approximate surface area is 101 Å². The predicted octanol–water partition coefficient (Wildman–Crippen LogP) is 0.259. The zero-order valence-corrected chi connectivity index (χ0v) is 10.3. The highest BCUT2D eigenvalue weighted by atomic mass is 16.5. The lowest BCUT2D eigenvalue weighted by Gasteiger charge is -2.23. The van der Waals surface area contributed by atoms with Crippen LogP contribution in [0.1, 0.15) is 6.42 Å². The van der Waals surface area contributed by atoms with Crippen molar-refractivity contribution in [1.29, 1.82) is 0 Å². The number of nitrogens with zero attached hydrogens (tertiary/aromatic N) is 2. The van der Waals surface area contributed by atoms with Gasteiger partial charge in [-0.15, -0.1) is 0 Å². The third-order valence-electron chi connectivity index (χ3n) is 2.36. The molecule has 0 unspecified atom stereocenters. The Morgan fingerprint density at radius 2 is 2.06 bits per heavy atom. The van der Waals surface area contributed by atoms with E-state index in [2.05, 4.69) is 15.1 Å². The lowest BCUT2D eigenvalue weighted by atomic mass is 10.3. The molecule has 0 saturated carbocycles. The van der Waals surface area contributed by atoms with Gasteiger partial charge in [0.2, 0.25) is 0 Å². The van der Waals surface area contributed by atoms with Crippen molar-refractivity contribution in [2.45, 2.75) is 6.42 Å². The Kier molecular flexibility index (Phi) is 6.27. The molecule has 0 aliphatic heterocycles. The fraction of sp³-hybridized carbons (Fsp3) is 0.636. The van der Waals surface area contributed by atoms with Gasteiger partial charge in [0.05, 0.1) is 18.5 Å². The van der Waals surface area contributed by atoms with Gasteiger partial charge >= 0.3 is 0 Å². The number of rotatable bonds is 8. The Hall–Kier alpha value is -1.40. The number of hydrogen-bond donors (Lipinski definition) is 1. The molecule has 1 aromatic heterocycles. The normalized spacial score (nSPS) is 10.5. The fourth-order valence-corrected chi connectivity index (χ4v) is 1.51. The van der Waals surface area contributed by atoms with E-state index < -0.39 is 0 Å². The highest BCUT2D eigenvalue weighted by Gasteiger charge is 2.06. The molecule has 0 aliphatic rings. The molecule has 0 saturated heterocycles. The highest BCUT2D eigenvalue weighted by molar-refractivity contribution is 5.42. The summed E-state index contributed by atoms with van der Waals surface area (Å²) in [5.74, 6) is 0. The summed E-state index contributed by atoms with van der Waals surface area (Å²) in [7, 11) is 3.33. The maximum Gasteiger partial charge on any atom is 0.266 e. The Bertz CT molecular complexity index is 367. The minimum absolute atomic E-state index is 0.198. The summed E-state index contributed by atoms with van der Waals surface area (Å²) in [5, 5.41) is 6.15. The van der Waals surface area contributed by atoms with Crippen LogP contribution in [0.25, 0.3) is 0 Å². The zero-order valence-electron chi connectivity index (χ0n) is 10.3. The Morgan fingerprint density at radius 3 is 2.71 bits per heavy atom. The van der Waals surface area contributed by atoms with Gasteiger partial charge in [-0.2, -0.15) is 5.10 Å². The minimum Gasteiger partial charge on any atom is -0.385 e. The molecule has 96 valence electrons. The van der Waals surface area contributed by atoms with E-state index in [0.717, 1.165) is 25.2 Å². The number of methoxy groups -OCH3 is 2. The van der Waals surface area contributed by atoms with Crippen molar-refractivity contribution in [3.05, 3.63) is 22.6 Å². The molecular formula is C11H19N3O3. The van der Waals surface area contributed by atoms with Crippen LogP contribution >= 0.6 is 0 Å². The smallest absolute Gasteiger partial charge is 0.266 e. The number of H-pyrrole nitrogens is 1. The number of aromatic amines is 1. The molecule has 1 N–H and O–H groups in total. The average molecular weight is 241 g/mol. The lowest BCUT2D eigenvalue weighted by Crippen LogP contribution is -2.30. The Balaban J connectivity index is 2.64. The molecule has 0 aliphatic carbocycles. The maximum absolute atomic E-state index is 11.2. The van der Waals surface area contributed by atoms with E-state index in [1.54, 1.807) is 20.4 Å². The van der Waals surface area contributed by atoms with E-state index >= 15 is 0 Å². The van der Waals surface area contributed by atoms with Crippen molar-refractivity contribution in [1.82, 2.24) is 10.2 Å². The molecule has 6 heteroatoms. The van der Waals surface area contributed by atoms with Gasteiger partial charge in [-0.1, -0.05) is 0 Å². The summed E-state index contributed by atoms with van der Waals surface area (Å²) >= 11 is 0. The second-order valence-corrected chi connectivity index (χ2v) is 3.63. The molecule has 1 rings (SSSR count). The molecule has 0 amide bonds. The van der Waals surface area contributed by atoms with E-state index in [4.69, 9.17) is 9.47 Å². The first-order valence-electron chi connectivity index (χ1n) is 5.55. The first-order chi connectivity index (χ1) is 8.27. The first kappa shape index (κ1) is 13.7. The van der Waals surface area contributed by atoms with Gasteiger partial charge in [0, 0.05) is 40.0 Å². The van der Waals surface area contributed by atoms with Crippen LogP contribution in [0.3, 0.4) is 0 Å². The molecule has 0 atom stereocenters. The molecule has 6 nitrogen and oxygen atoms in total. The van der Waals surface area contributed by atoms with Crippen LogP contribution in [0.5, 0.6) is 0 Å². The molecular weight excluding hydrogens is 222 g/mol. The molecule has 1 heterocycles. The topological polar surface area (TPSA) is 67.5 Å². The molecule has 0 radical (unpaired) electrons. The van der Waals surface area contributed by atoms with E-state index in [1.165, 1.54) is 6.07 Å². The summed E-state index contributed by atoms with van der Waals surface area (Å²) in [5.41, 5.74) is 0.610. The summed E-state index contributed by atoms with van der Waals surface area (Å²) in [4.78, 5) is 13.3. The van der Waals surface area contributed by atoms with Gasteiger partial charge < -0.3 is 14.4 Å². The number of hydrogen-bond acceptors (Lipinski definition) is 5. The van der Waals surface area contributed by atoms with E-state index in [0.29, 0.717) is 13.2 Å². The van der Waals surface area contributed by atoms with Crippen molar-refractivity contribution in [2.24, 2.45) is 0 Å². The molecule has 0 fully saturated rings. The van der Waals surface area contributed by atoms with Crippen LogP contribution < -0.4 is 10.5 Å². The summed E-state index contributed by atoms with van der Waals surface area (Å²) in [6, 6.07) is 1.54. The standard InChI is InChI=1S/C11H19N3O3/c1-16-6-3-4-14(5-7-17-2)10-8-11(15)13-12-9-10/h8-9H,3-7H2,1-2H3,(H,13,15). The van der Waals surface area contributed by atoms with Crippen LogP contribution in [0.15, 0.2) is 17.1 Å². The third-order valence-corrected chi connectivity index (χ3v) is 2.36. The first-order valence-corrected chi connectivity index (χ1v) is 5.55. The summed E-state index contributed by atoms with van der Waals surface area (Å²) in [6.07, 6.45) is 2.54. The van der Waals surface area contributed by atoms with E-state index in [1.807, 2.05) is 0 Å². The van der Waals surface area contributed by atoms with Crippen LogP contribution in [0.2, 0.25) is 0 Å². The van der Waals surface area contributed by atoms with Crippen molar-refractivity contribution in [3.8, 4) is 0 Å². The molecule has 0 spiro atoms. The van der Waals surface area contributed by atoms with Gasteiger partial charge in [0.25, 0.3) is 5.56 Å². The SMILES string of the molecule is COCCCN(CCOC)c1cn[nH]c(=O)c1. The number of anilines is 1. The quantitative estimate of drug-likeness (QED) is 0.661. The molecule has 0 bridgehead atoms. The minimum atomic E-state index is -0.198. The van der Waals surface area contributed by atoms with Crippen molar-refractivity contribution < 1.29 is 9.47 Å². The third kappa shape index (κ3) is 4.97. The van der Waals surface area contributed by atoms with Crippen molar-refractivity contribution >= 4 is 5.69 Å². The Morgan fingerprint density at radius 1 is 1.29 bits per heavy atom. The van der Waals surface area contributed by atoms with Gasteiger partial charge in [0.1, 0.15) is 0 Å². The second-order valence-electron chi connectivity index (χ2n) is 3.63. The lowest BCUT2D eigenvalue weighted by molar-refractivity contribution is 0.191. The van der Waals surface area contributed by atoms with Crippen molar-refractivity contribution in [2.75, 3.05) is 45.4 Å². The number of ether oxygens (including phenoxy) is 2. The average Bonchev–Trinajstić information content (AvgIpc) is 2.33. The highest BCUT2D eigenvalue weighted by Crippen LogP contribution is 2.09. The second kappa shape index (κ2) is 7.81. The van der Waals surface area contributed by atoms with Gasteiger partial charge in [-0.05, 0) is 6.42 Å².